The van der Waals surface area contributed by atoms with E-state index in [1.807, 2.05) is 100 Å². The molecule has 80 heavy (non-hydrogen) atoms. The largest absolute Gasteiger partial charge is 0.458 e. The number of nitrogens with zero attached hydrogens (tertiary/aromatic N) is 5. The van der Waals surface area contributed by atoms with Crippen molar-refractivity contribution < 1.29 is 20.3 Å². The summed E-state index contributed by atoms with van der Waals surface area (Å²) >= 11 is 0. The third kappa shape index (κ3) is 7.54. The Balaban J connectivity index is 1.05. The van der Waals surface area contributed by atoms with Gasteiger partial charge in [0, 0.05) is 39.5 Å². The van der Waals surface area contributed by atoms with Crippen LogP contribution in [0.25, 0.3) is 122 Å². The molecule has 5 heterocycles. The molecule has 0 aliphatic carbocycles. The second-order valence-electron chi connectivity index (χ2n) is 22.8. The molecule has 0 atom stereocenters. The molecule has 6 nitrogen and oxygen atoms in total. The van der Waals surface area contributed by atoms with Gasteiger partial charge < -0.3 is 9.30 Å². The van der Waals surface area contributed by atoms with E-state index < -0.39 is 36.3 Å². The first-order valence-corrected chi connectivity index (χ1v) is 27.0. The number of benzene rings is 10. The highest BCUT2D eigenvalue weighted by Crippen LogP contribution is 2.47. The van der Waals surface area contributed by atoms with Gasteiger partial charge in [0.05, 0.1) is 55.4 Å². The molecule has 6 heteroatoms. The monoisotopic (exact) mass is 1040 g/mol. The summed E-state index contributed by atoms with van der Waals surface area (Å²) in [5.41, 5.74) is 11.1. The highest BCUT2D eigenvalue weighted by molar-refractivity contribution is 6.11. The molecule has 1 aliphatic rings. The van der Waals surface area contributed by atoms with E-state index in [2.05, 4.69) is 154 Å². The molecule has 0 radical (unpaired) electrons. The number of rotatable bonds is 6. The summed E-state index contributed by atoms with van der Waals surface area (Å²) in [6.07, 6.45) is 5.69. The van der Waals surface area contributed by atoms with Crippen molar-refractivity contribution in [2.75, 3.05) is 0 Å². The van der Waals surface area contributed by atoms with Crippen LogP contribution in [0.5, 0.6) is 11.5 Å². The van der Waals surface area contributed by atoms with Gasteiger partial charge in [-0.25, -0.2) is 4.98 Å². The number of imidazole rings is 1. The lowest BCUT2D eigenvalue weighted by molar-refractivity contribution is -0.570. The number of hydrogen-bond acceptors (Lipinski definition) is 2. The van der Waals surface area contributed by atoms with Gasteiger partial charge >= 0.3 is 0 Å². The Hall–Kier alpha value is -9.78. The SMILES string of the molecule is [2H]c1c([2H])c([2H])c2c(c1[2H])-c1cccc(-c3ccc(C(C)(C)C)cc3)c1-[n+]1[c-]n(-c3cccc(Oc4ccc5c6ccccc6n(-c6cc(C(C)(C)C)ccn6)c5c4)c3)c3cc(-n4c5ccccc5c5ccccc54)cc(c31)-c1c([2H])c([2H])c([2H])c([2H])c1-2. The molecule has 0 N–H and O–H groups in total. The molecule has 4 aromatic heterocycles. The Morgan fingerprint density at radius 3 is 1.65 bits per heavy atom. The lowest BCUT2D eigenvalue weighted by Crippen LogP contribution is -2.32. The van der Waals surface area contributed by atoms with Gasteiger partial charge in [0.15, 0.2) is 0 Å². The minimum atomic E-state index is -0.537. The van der Waals surface area contributed by atoms with Gasteiger partial charge in [-0.1, -0.05) is 193 Å². The zero-order valence-electron chi connectivity index (χ0n) is 53.0. The number of hydrogen-bond donors (Lipinski definition) is 0. The van der Waals surface area contributed by atoms with E-state index >= 15 is 0 Å². The van der Waals surface area contributed by atoms with Crippen molar-refractivity contribution in [3.8, 4) is 78.9 Å². The third-order valence-corrected chi connectivity index (χ3v) is 15.9. The second-order valence-corrected chi connectivity index (χ2v) is 22.8. The van der Waals surface area contributed by atoms with E-state index in [0.29, 0.717) is 56.3 Å². The van der Waals surface area contributed by atoms with Gasteiger partial charge in [-0.05, 0) is 139 Å². The molecule has 0 amide bonds. The van der Waals surface area contributed by atoms with Crippen LogP contribution in [0.3, 0.4) is 0 Å². The Kier molecular flexibility index (Phi) is 8.84. The summed E-state index contributed by atoms with van der Waals surface area (Å²) in [6, 6.07) is 57.2. The molecule has 0 unspecified atom stereocenters. The molecule has 10 aromatic carbocycles. The molecule has 0 saturated carbocycles. The van der Waals surface area contributed by atoms with Crippen molar-refractivity contribution in [1.82, 2.24) is 18.7 Å². The Morgan fingerprint density at radius 1 is 0.438 bits per heavy atom. The number of pyridine rings is 1. The molecule has 1 aliphatic heterocycles. The first-order valence-electron chi connectivity index (χ1n) is 31.0. The summed E-state index contributed by atoms with van der Waals surface area (Å²) in [5.74, 6) is 1.92. The number of aromatic nitrogens is 5. The predicted molar refractivity (Wildman–Crippen MR) is 329 cm³/mol. The number of para-hydroxylation sites is 4. The minimum absolute atomic E-state index is 0.0402. The van der Waals surface area contributed by atoms with E-state index in [4.69, 9.17) is 9.72 Å². The standard InChI is InChI=1S/C74H57N5O/c1-73(2,3)48-35-33-47(34-36-48)54-28-18-29-63-57-23-9-7-21-55(57)56-22-8-10-24-58(56)64-43-51(78-65-30-14-11-25-59(65)60-26-12-15-31-66(60)78)44-69-72(64)77(71(54)63)46-76(69)50-19-17-20-52(42-50)80-53-37-38-62-61-27-13-16-32-67(61)79(68(62)45-53)70-41-49(39-40-75-70)74(4,5)6/h7-45H,1-6H3/i7D,8D,9D,10D,21D,22D,23D,24D. The Morgan fingerprint density at radius 2 is 1.00 bits per heavy atom. The van der Waals surface area contributed by atoms with Gasteiger partial charge in [0.25, 0.3) is 6.33 Å². The average Bonchev–Trinajstić information content (AvgIpc) is 1.46. The fraction of sp³-hybridized carbons (Fsp3) is 0.108. The molecule has 0 bridgehead atoms. The van der Waals surface area contributed by atoms with Crippen molar-refractivity contribution in [2.24, 2.45) is 0 Å². The third-order valence-electron chi connectivity index (χ3n) is 15.9. The van der Waals surface area contributed by atoms with Crippen LogP contribution in [0.15, 0.2) is 237 Å². The molecule has 15 rings (SSSR count). The highest BCUT2D eigenvalue weighted by atomic mass is 16.5. The zero-order valence-corrected chi connectivity index (χ0v) is 45.0. The van der Waals surface area contributed by atoms with Crippen LogP contribution < -0.4 is 9.30 Å². The van der Waals surface area contributed by atoms with E-state index in [0.717, 1.165) is 66.1 Å². The van der Waals surface area contributed by atoms with Gasteiger partial charge in [0.1, 0.15) is 17.3 Å². The van der Waals surface area contributed by atoms with Crippen molar-refractivity contribution >= 4 is 54.6 Å². The van der Waals surface area contributed by atoms with Crippen LogP contribution in [0.1, 0.15) is 63.6 Å². The van der Waals surface area contributed by atoms with Crippen LogP contribution >= 0.6 is 0 Å². The summed E-state index contributed by atoms with van der Waals surface area (Å²) < 4.78 is 92.1. The van der Waals surface area contributed by atoms with E-state index in [-0.39, 0.29) is 45.2 Å². The van der Waals surface area contributed by atoms with E-state index in [1.165, 1.54) is 0 Å². The maximum absolute atomic E-state index is 10.1. The molecule has 14 aromatic rings. The summed E-state index contributed by atoms with van der Waals surface area (Å²) in [7, 11) is 0. The lowest BCUT2D eigenvalue weighted by atomic mass is 9.85. The fourth-order valence-corrected chi connectivity index (χ4v) is 12.0. The zero-order chi connectivity index (χ0) is 61.0. The van der Waals surface area contributed by atoms with Crippen molar-refractivity contribution in [2.45, 2.75) is 52.4 Å². The summed E-state index contributed by atoms with van der Waals surface area (Å²) in [6.45, 7) is 13.1. The first kappa shape index (κ1) is 39.6. The quantitative estimate of drug-likeness (QED) is 0.123. The molecule has 0 spiro atoms. The number of ether oxygens (including phenoxy) is 1. The van der Waals surface area contributed by atoms with Crippen molar-refractivity contribution in [1.29, 1.82) is 0 Å². The van der Waals surface area contributed by atoms with Gasteiger partial charge in [-0.3, -0.25) is 13.7 Å². The maximum atomic E-state index is 10.1. The Bertz CT molecular complexity index is 5260. The topological polar surface area (TPSA) is 40.8 Å². The van der Waals surface area contributed by atoms with Gasteiger partial charge in [-0.2, -0.15) is 0 Å². The maximum Gasteiger partial charge on any atom is 0.269 e. The fourth-order valence-electron chi connectivity index (χ4n) is 12.0. The highest BCUT2D eigenvalue weighted by Gasteiger charge is 2.29. The van der Waals surface area contributed by atoms with Crippen LogP contribution in [0.2, 0.25) is 0 Å². The second kappa shape index (κ2) is 17.9. The predicted octanol–water partition coefficient (Wildman–Crippen LogP) is 18.7. The first-order chi connectivity index (χ1) is 42.3. The average molecular weight is 1040 g/mol. The van der Waals surface area contributed by atoms with Gasteiger partial charge in [-0.15, -0.1) is 0 Å². The van der Waals surface area contributed by atoms with Crippen LogP contribution in [-0.2, 0) is 10.8 Å². The summed E-state index contributed by atoms with van der Waals surface area (Å²) in [4.78, 5) is 4.91. The van der Waals surface area contributed by atoms with Crippen LogP contribution in [-0.4, -0.2) is 18.7 Å². The number of fused-ring (bicyclic) bond motifs is 13. The van der Waals surface area contributed by atoms with Gasteiger partial charge in [0.2, 0.25) is 0 Å². The van der Waals surface area contributed by atoms with Crippen molar-refractivity contribution in [3.63, 3.8) is 0 Å². The lowest BCUT2D eigenvalue weighted by Gasteiger charge is -2.21. The van der Waals surface area contributed by atoms with E-state index in [1.54, 1.807) is 0 Å². The van der Waals surface area contributed by atoms with Crippen LogP contribution in [0, 0.1) is 6.33 Å². The van der Waals surface area contributed by atoms with Crippen molar-refractivity contribution in [3.05, 3.63) is 254 Å². The minimum Gasteiger partial charge on any atom is -0.458 e. The molecule has 0 saturated heterocycles. The van der Waals surface area contributed by atoms with E-state index in [9.17, 15) is 11.0 Å². The smallest absolute Gasteiger partial charge is 0.269 e. The molecule has 384 valence electrons. The summed E-state index contributed by atoms with van der Waals surface area (Å²) in [5, 5.41) is 4.16. The molecular formula is C74H57N5O. The molecular weight excluding hydrogens is 975 g/mol. The normalized spacial score (nSPS) is 13.8. The molecule has 0 fully saturated rings. The Labute approximate surface area is 476 Å². The van der Waals surface area contributed by atoms with Crippen LogP contribution in [0.4, 0.5) is 0 Å².